The van der Waals surface area contributed by atoms with Crippen molar-refractivity contribution >= 4 is 9.53 Å². The summed E-state index contributed by atoms with van der Waals surface area (Å²) in [5.41, 5.74) is 0.0245. The van der Waals surface area contributed by atoms with Crippen molar-refractivity contribution in [3.05, 3.63) is 0 Å². The average molecular weight is 303 g/mol. The molecule has 0 amide bonds. The number of hydrogen-bond acceptors (Lipinski definition) is 4. The normalized spacial score (nSPS) is 23.2. The smallest absolute Gasteiger partial charge is 0.387 e. The van der Waals surface area contributed by atoms with Crippen LogP contribution >= 0.6 is 0 Å². The molecule has 2 unspecified atom stereocenters. The Kier molecular flexibility index (Phi) is 7.68. The predicted octanol–water partition coefficient (Wildman–Crippen LogP) is 2.70. The first-order valence-electron chi connectivity index (χ1n) is 7.94. The van der Waals surface area contributed by atoms with E-state index >= 15 is 0 Å². The van der Waals surface area contributed by atoms with E-state index in [1.807, 2.05) is 0 Å². The minimum atomic E-state index is -2.07. The number of nitrogens with zero attached hydrogens (tertiary/aromatic N) is 1. The maximum Gasteiger partial charge on any atom is 0.574 e. The quantitative estimate of drug-likeness (QED) is 0.700. The van der Waals surface area contributed by atoms with Gasteiger partial charge in [-0.25, -0.2) is 0 Å². The van der Waals surface area contributed by atoms with Gasteiger partial charge in [-0.1, -0.05) is 34.1 Å². The van der Waals surface area contributed by atoms with E-state index in [0.29, 0.717) is 18.7 Å². The highest BCUT2D eigenvalue weighted by atomic mass is 28.3. The minimum absolute atomic E-state index is 0.0245. The van der Waals surface area contributed by atoms with Crippen LogP contribution in [0.3, 0.4) is 0 Å². The van der Waals surface area contributed by atoms with Gasteiger partial charge >= 0.3 is 9.53 Å². The van der Waals surface area contributed by atoms with Crippen molar-refractivity contribution in [2.24, 2.45) is 5.41 Å². The van der Waals surface area contributed by atoms with E-state index in [1.165, 1.54) is 39.3 Å². The average Bonchev–Trinajstić information content (AvgIpc) is 2.45. The zero-order chi connectivity index (χ0) is 15.2. The summed E-state index contributed by atoms with van der Waals surface area (Å²) in [5.74, 6) is 0. The molecule has 5 heteroatoms. The third kappa shape index (κ3) is 4.81. The van der Waals surface area contributed by atoms with Gasteiger partial charge in [0.25, 0.3) is 0 Å². The fourth-order valence-corrected chi connectivity index (χ4v) is 4.12. The van der Waals surface area contributed by atoms with Gasteiger partial charge in [0, 0.05) is 31.2 Å². The molecule has 1 N–H and O–H groups in total. The molecule has 1 fully saturated rings. The number of hydrogen-bond donors (Lipinski definition) is 1. The highest BCUT2D eigenvalue weighted by Gasteiger charge is 2.37. The van der Waals surface area contributed by atoms with Crippen molar-refractivity contribution in [3.8, 4) is 0 Å². The molecule has 4 nitrogen and oxygen atoms in total. The zero-order valence-electron chi connectivity index (χ0n) is 13.8. The number of likely N-dealkylation sites (tertiary alicyclic amines) is 1. The van der Waals surface area contributed by atoms with Gasteiger partial charge in [0.05, 0.1) is 0 Å². The van der Waals surface area contributed by atoms with Crippen molar-refractivity contribution in [1.82, 2.24) is 4.90 Å². The van der Waals surface area contributed by atoms with Crippen molar-refractivity contribution in [2.45, 2.75) is 71.9 Å². The van der Waals surface area contributed by atoms with Gasteiger partial charge in [-0.2, -0.15) is 0 Å². The van der Waals surface area contributed by atoms with Crippen molar-refractivity contribution < 1.29 is 13.6 Å². The Balaban J connectivity index is 2.70. The largest absolute Gasteiger partial charge is 0.574 e. The number of piperidine rings is 1. The van der Waals surface area contributed by atoms with Crippen LogP contribution in [0.5, 0.6) is 0 Å². The molecule has 0 aliphatic carbocycles. The van der Waals surface area contributed by atoms with Crippen molar-refractivity contribution in [2.75, 3.05) is 20.3 Å². The third-order valence-electron chi connectivity index (χ3n) is 4.58. The second kappa shape index (κ2) is 8.49. The van der Waals surface area contributed by atoms with Crippen LogP contribution in [-0.2, 0) is 8.85 Å². The Morgan fingerprint density at radius 3 is 2.60 bits per heavy atom. The molecule has 1 aliphatic heterocycles. The van der Waals surface area contributed by atoms with E-state index < -0.39 is 9.53 Å². The Morgan fingerprint density at radius 1 is 1.35 bits per heavy atom. The minimum Gasteiger partial charge on any atom is -0.387 e. The van der Waals surface area contributed by atoms with E-state index in [4.69, 9.17) is 8.85 Å². The highest BCUT2D eigenvalue weighted by Crippen LogP contribution is 2.33. The summed E-state index contributed by atoms with van der Waals surface area (Å²) in [6.45, 7) is 10.8. The first-order valence-corrected chi connectivity index (χ1v) is 9.21. The summed E-state index contributed by atoms with van der Waals surface area (Å²) in [4.78, 5) is 12.2. The van der Waals surface area contributed by atoms with E-state index in [0.717, 1.165) is 6.42 Å². The first kappa shape index (κ1) is 18.1. The second-order valence-corrected chi connectivity index (χ2v) is 7.70. The molecule has 1 heterocycles. The summed E-state index contributed by atoms with van der Waals surface area (Å²) >= 11 is 0. The molecule has 1 saturated heterocycles. The second-order valence-electron chi connectivity index (χ2n) is 6.47. The van der Waals surface area contributed by atoms with Crippen LogP contribution in [0.2, 0.25) is 0 Å². The SMILES string of the molecule is CCC1CCCCN1C(CC)C(C)(C)CO[Si](O)OC. The van der Waals surface area contributed by atoms with Crippen molar-refractivity contribution in [1.29, 1.82) is 0 Å². The highest BCUT2D eigenvalue weighted by molar-refractivity contribution is 6.34. The lowest BCUT2D eigenvalue weighted by atomic mass is 9.80. The van der Waals surface area contributed by atoms with Gasteiger partial charge in [-0.3, -0.25) is 4.90 Å². The van der Waals surface area contributed by atoms with E-state index in [2.05, 4.69) is 32.6 Å². The lowest BCUT2D eigenvalue weighted by molar-refractivity contribution is -0.0102. The fourth-order valence-electron chi connectivity index (χ4n) is 3.51. The van der Waals surface area contributed by atoms with Crippen LogP contribution in [0.1, 0.15) is 59.8 Å². The zero-order valence-corrected chi connectivity index (χ0v) is 14.8. The molecule has 20 heavy (non-hydrogen) atoms. The molecule has 0 aromatic rings. The molecule has 1 aliphatic rings. The van der Waals surface area contributed by atoms with Crippen LogP contribution in [0, 0.1) is 5.41 Å². The third-order valence-corrected chi connectivity index (χ3v) is 5.32. The Hall–Kier alpha value is 0.0569. The van der Waals surface area contributed by atoms with Crippen LogP contribution in [-0.4, -0.2) is 51.6 Å². The molecule has 0 spiro atoms. The van der Waals surface area contributed by atoms with Crippen LogP contribution < -0.4 is 0 Å². The van der Waals surface area contributed by atoms with Gasteiger partial charge in [0.1, 0.15) is 0 Å². The van der Waals surface area contributed by atoms with Gasteiger partial charge in [0.15, 0.2) is 0 Å². The standard InChI is InChI=1S/C15H32NO3Si/c1-6-13-10-8-9-11-16(13)14(7-2)15(3,4)12-19-20(17)18-5/h13-14,17H,6-12H2,1-5H3. The Labute approximate surface area is 126 Å². The molecule has 1 radical (unpaired) electrons. The van der Waals surface area contributed by atoms with Crippen LogP contribution in [0.15, 0.2) is 0 Å². The van der Waals surface area contributed by atoms with Gasteiger partial charge in [0.2, 0.25) is 0 Å². The Morgan fingerprint density at radius 2 is 2.05 bits per heavy atom. The van der Waals surface area contributed by atoms with Gasteiger partial charge in [-0.15, -0.1) is 0 Å². The monoisotopic (exact) mass is 302 g/mol. The van der Waals surface area contributed by atoms with Crippen LogP contribution in [0.4, 0.5) is 0 Å². The lowest BCUT2D eigenvalue weighted by Gasteiger charge is -2.47. The fraction of sp³-hybridized carbons (Fsp3) is 1.00. The summed E-state index contributed by atoms with van der Waals surface area (Å²) < 4.78 is 10.4. The molecular formula is C15H32NO3Si. The van der Waals surface area contributed by atoms with Gasteiger partial charge in [-0.05, 0) is 32.2 Å². The summed E-state index contributed by atoms with van der Waals surface area (Å²) in [7, 11) is -0.574. The molecule has 0 bridgehead atoms. The predicted molar refractivity (Wildman–Crippen MR) is 83.4 cm³/mol. The van der Waals surface area contributed by atoms with Crippen molar-refractivity contribution in [3.63, 3.8) is 0 Å². The van der Waals surface area contributed by atoms with Gasteiger partial charge < -0.3 is 13.6 Å². The van der Waals surface area contributed by atoms with E-state index in [-0.39, 0.29) is 5.41 Å². The number of rotatable bonds is 8. The first-order chi connectivity index (χ1) is 9.46. The molecule has 0 aromatic carbocycles. The topological polar surface area (TPSA) is 41.9 Å². The summed E-state index contributed by atoms with van der Waals surface area (Å²) in [6.07, 6.45) is 6.32. The van der Waals surface area contributed by atoms with E-state index in [9.17, 15) is 4.80 Å². The molecule has 0 aromatic heterocycles. The maximum absolute atomic E-state index is 9.53. The van der Waals surface area contributed by atoms with Crippen LogP contribution in [0.25, 0.3) is 0 Å². The maximum atomic E-state index is 9.53. The molecule has 2 atom stereocenters. The lowest BCUT2D eigenvalue weighted by Crippen LogP contribution is -2.53. The van der Waals surface area contributed by atoms with E-state index in [1.54, 1.807) is 0 Å². The molecular weight excluding hydrogens is 270 g/mol. The molecule has 1 rings (SSSR count). The molecule has 119 valence electrons. The summed E-state index contributed by atoms with van der Waals surface area (Å²) in [6, 6.07) is 1.20. The Bertz CT molecular complexity index is 276. The molecule has 0 saturated carbocycles. The summed E-state index contributed by atoms with van der Waals surface area (Å²) in [5, 5.41) is 0.